The fraction of sp³-hybridized carbons (Fsp3) is 0.727. The predicted octanol–water partition coefficient (Wildman–Crippen LogP) is 1.81. The number of nitriles is 1. The molecule has 0 bridgehead atoms. The van der Waals surface area contributed by atoms with Gasteiger partial charge in [-0.15, -0.1) is 0 Å². The van der Waals surface area contributed by atoms with Crippen molar-refractivity contribution in [1.29, 1.82) is 5.26 Å². The second-order valence-electron chi connectivity index (χ2n) is 2.69. The molecule has 0 rings (SSSR count). The summed E-state index contributed by atoms with van der Waals surface area (Å²) < 4.78 is 9.04. The van der Waals surface area contributed by atoms with E-state index in [-0.39, 0.29) is 19.6 Å². The Morgan fingerprint density at radius 3 is 1.69 bits per heavy atom. The molecule has 0 saturated heterocycles. The molecule has 0 saturated carbocycles. The molecule has 92 valence electrons. The minimum absolute atomic E-state index is 0.290. The standard InChI is InChI=1S/C7H12O4.C4H7N/c1-3-10-6(8)5-7(9)11-4-2;1-2-3-4-5/h3-5H2,1-2H3;2-3H2,1H3. The van der Waals surface area contributed by atoms with E-state index < -0.39 is 11.9 Å². The molecule has 0 aliphatic rings. The van der Waals surface area contributed by atoms with E-state index in [0.717, 1.165) is 6.42 Å². The maximum Gasteiger partial charge on any atom is 0.317 e. The van der Waals surface area contributed by atoms with Crippen LogP contribution in [0.1, 0.15) is 40.0 Å². The van der Waals surface area contributed by atoms with Crippen LogP contribution in [0.25, 0.3) is 0 Å². The van der Waals surface area contributed by atoms with Crippen LogP contribution < -0.4 is 0 Å². The van der Waals surface area contributed by atoms with E-state index in [2.05, 4.69) is 9.47 Å². The van der Waals surface area contributed by atoms with Crippen molar-refractivity contribution in [2.24, 2.45) is 0 Å². The van der Waals surface area contributed by atoms with Gasteiger partial charge in [0.2, 0.25) is 0 Å². The Bertz CT molecular complexity index is 217. The molecular formula is C11H19NO4. The number of carbonyl (C=O) groups excluding carboxylic acids is 2. The Kier molecular flexibility index (Phi) is 14.1. The van der Waals surface area contributed by atoms with Gasteiger partial charge in [0.25, 0.3) is 0 Å². The summed E-state index contributed by atoms with van der Waals surface area (Å²) in [5.74, 6) is -1.07. The largest absolute Gasteiger partial charge is 0.466 e. The topological polar surface area (TPSA) is 76.4 Å². The van der Waals surface area contributed by atoms with E-state index in [9.17, 15) is 9.59 Å². The maximum absolute atomic E-state index is 10.6. The number of carbonyl (C=O) groups is 2. The van der Waals surface area contributed by atoms with E-state index in [0.29, 0.717) is 6.42 Å². The number of nitrogens with zero attached hydrogens (tertiary/aromatic N) is 1. The van der Waals surface area contributed by atoms with Gasteiger partial charge < -0.3 is 9.47 Å². The Labute approximate surface area is 96.3 Å². The van der Waals surface area contributed by atoms with E-state index in [1.54, 1.807) is 13.8 Å². The normalized spacial score (nSPS) is 8.12. The highest BCUT2D eigenvalue weighted by molar-refractivity contribution is 5.91. The number of ether oxygens (including phenoxy) is 2. The van der Waals surface area contributed by atoms with Gasteiger partial charge in [0.05, 0.1) is 19.3 Å². The molecule has 0 N–H and O–H groups in total. The minimum Gasteiger partial charge on any atom is -0.466 e. The highest BCUT2D eigenvalue weighted by Crippen LogP contribution is 1.89. The summed E-state index contributed by atoms with van der Waals surface area (Å²) in [5, 5.41) is 7.82. The monoisotopic (exact) mass is 229 g/mol. The first-order valence-electron chi connectivity index (χ1n) is 5.30. The molecule has 16 heavy (non-hydrogen) atoms. The first-order valence-corrected chi connectivity index (χ1v) is 5.30. The molecule has 0 heterocycles. The van der Waals surface area contributed by atoms with Crippen LogP contribution in [0.4, 0.5) is 0 Å². The molecule has 0 fully saturated rings. The van der Waals surface area contributed by atoms with Crippen molar-refractivity contribution < 1.29 is 19.1 Å². The molecule has 0 aliphatic carbocycles. The summed E-state index contributed by atoms with van der Waals surface area (Å²) in [4.78, 5) is 21.2. The molecule has 0 amide bonds. The lowest BCUT2D eigenvalue weighted by molar-refractivity contribution is -0.153. The molecule has 5 heteroatoms. The second kappa shape index (κ2) is 13.4. The van der Waals surface area contributed by atoms with Crippen LogP contribution in [0.15, 0.2) is 0 Å². The molecule has 5 nitrogen and oxygen atoms in total. The molecule has 0 aromatic heterocycles. The van der Waals surface area contributed by atoms with Gasteiger partial charge >= 0.3 is 11.9 Å². The lowest BCUT2D eigenvalue weighted by Gasteiger charge is -2.00. The summed E-state index contributed by atoms with van der Waals surface area (Å²) >= 11 is 0. The number of unbranched alkanes of at least 4 members (excludes halogenated alkanes) is 1. The smallest absolute Gasteiger partial charge is 0.317 e. The van der Waals surface area contributed by atoms with Crippen molar-refractivity contribution in [3.05, 3.63) is 0 Å². The van der Waals surface area contributed by atoms with Crippen LogP contribution in [0.5, 0.6) is 0 Å². The first kappa shape index (κ1) is 16.8. The average molecular weight is 229 g/mol. The van der Waals surface area contributed by atoms with E-state index >= 15 is 0 Å². The first-order chi connectivity index (χ1) is 7.62. The van der Waals surface area contributed by atoms with Gasteiger partial charge in [0.15, 0.2) is 0 Å². The van der Waals surface area contributed by atoms with Gasteiger partial charge in [-0.25, -0.2) is 0 Å². The highest BCUT2D eigenvalue weighted by atomic mass is 16.5. The van der Waals surface area contributed by atoms with Gasteiger partial charge in [0.1, 0.15) is 6.42 Å². The van der Waals surface area contributed by atoms with Crippen LogP contribution in [0.2, 0.25) is 0 Å². The molecule has 0 aliphatic heterocycles. The van der Waals surface area contributed by atoms with Crippen LogP contribution in [-0.4, -0.2) is 25.2 Å². The second-order valence-corrected chi connectivity index (χ2v) is 2.69. The van der Waals surface area contributed by atoms with E-state index in [1.165, 1.54) is 0 Å². The summed E-state index contributed by atoms with van der Waals surface area (Å²) in [6.07, 6.45) is 1.39. The third-order valence-electron chi connectivity index (χ3n) is 1.26. The number of hydrogen-bond acceptors (Lipinski definition) is 5. The summed E-state index contributed by atoms with van der Waals surface area (Å²) in [5.41, 5.74) is 0. The molecular weight excluding hydrogens is 210 g/mol. The third kappa shape index (κ3) is 14.9. The molecule has 0 spiro atoms. The Morgan fingerprint density at radius 1 is 1.06 bits per heavy atom. The van der Waals surface area contributed by atoms with Gasteiger partial charge in [-0.05, 0) is 20.3 Å². The van der Waals surface area contributed by atoms with E-state index in [1.807, 2.05) is 13.0 Å². The summed E-state index contributed by atoms with van der Waals surface area (Å²) in [7, 11) is 0. The Hall–Kier alpha value is -1.57. The molecule has 0 unspecified atom stereocenters. The van der Waals surface area contributed by atoms with Gasteiger partial charge in [-0.3, -0.25) is 9.59 Å². The van der Waals surface area contributed by atoms with Crippen molar-refractivity contribution in [3.63, 3.8) is 0 Å². The molecule has 0 radical (unpaired) electrons. The van der Waals surface area contributed by atoms with Crippen molar-refractivity contribution in [3.8, 4) is 6.07 Å². The summed E-state index contributed by atoms with van der Waals surface area (Å²) in [6, 6.07) is 2.02. The lowest BCUT2D eigenvalue weighted by atomic mass is 10.4. The Morgan fingerprint density at radius 2 is 1.50 bits per heavy atom. The van der Waals surface area contributed by atoms with Crippen molar-refractivity contribution in [2.75, 3.05) is 13.2 Å². The third-order valence-corrected chi connectivity index (χ3v) is 1.26. The van der Waals surface area contributed by atoms with Crippen LogP contribution in [0.3, 0.4) is 0 Å². The SMILES string of the molecule is CCCC#N.CCOC(=O)CC(=O)OCC. The average Bonchev–Trinajstić information content (AvgIpc) is 2.20. The Balaban J connectivity index is 0. The zero-order valence-corrected chi connectivity index (χ0v) is 10.1. The molecule has 0 atom stereocenters. The fourth-order valence-corrected chi connectivity index (χ4v) is 0.654. The minimum atomic E-state index is -0.536. The van der Waals surface area contributed by atoms with Gasteiger partial charge in [-0.1, -0.05) is 6.92 Å². The number of rotatable bonds is 5. The van der Waals surface area contributed by atoms with Crippen molar-refractivity contribution in [2.45, 2.75) is 40.0 Å². The van der Waals surface area contributed by atoms with Crippen LogP contribution >= 0.6 is 0 Å². The number of esters is 2. The van der Waals surface area contributed by atoms with E-state index in [4.69, 9.17) is 5.26 Å². The predicted molar refractivity (Wildman–Crippen MR) is 58.4 cm³/mol. The quantitative estimate of drug-likeness (QED) is 0.530. The van der Waals surface area contributed by atoms with Crippen LogP contribution in [0, 0.1) is 11.3 Å². The fourth-order valence-electron chi connectivity index (χ4n) is 0.654. The maximum atomic E-state index is 10.6. The summed E-state index contributed by atoms with van der Waals surface area (Å²) in [6.45, 7) is 5.94. The zero-order chi connectivity index (χ0) is 12.8. The van der Waals surface area contributed by atoms with Crippen LogP contribution in [-0.2, 0) is 19.1 Å². The van der Waals surface area contributed by atoms with Crippen molar-refractivity contribution in [1.82, 2.24) is 0 Å². The molecule has 0 aromatic rings. The van der Waals surface area contributed by atoms with Crippen molar-refractivity contribution >= 4 is 11.9 Å². The molecule has 0 aromatic carbocycles. The zero-order valence-electron chi connectivity index (χ0n) is 10.1. The van der Waals surface area contributed by atoms with Gasteiger partial charge in [-0.2, -0.15) is 5.26 Å². The number of hydrogen-bond donors (Lipinski definition) is 0. The lowest BCUT2D eigenvalue weighted by Crippen LogP contribution is -2.13. The highest BCUT2D eigenvalue weighted by Gasteiger charge is 2.09. The van der Waals surface area contributed by atoms with Gasteiger partial charge in [0, 0.05) is 6.42 Å².